The standard InChI is InChI=1S/C15H33NS/c1-13(17-7)16-12-10-8-9-11-15(5,6)14(2,3)4/h13,16H,8-12H2,1-7H3. The van der Waals surface area contributed by atoms with E-state index in [0.29, 0.717) is 16.2 Å². The second-order valence-corrected chi connectivity index (χ2v) is 7.96. The molecule has 0 heterocycles. The van der Waals surface area contributed by atoms with Gasteiger partial charge in [-0.05, 0) is 43.4 Å². The summed E-state index contributed by atoms with van der Waals surface area (Å²) in [6.07, 6.45) is 7.52. The van der Waals surface area contributed by atoms with Crippen molar-refractivity contribution in [3.05, 3.63) is 0 Å². The van der Waals surface area contributed by atoms with E-state index in [1.54, 1.807) is 0 Å². The molecule has 0 spiro atoms. The third-order valence-electron chi connectivity index (χ3n) is 4.29. The van der Waals surface area contributed by atoms with Crippen LogP contribution in [-0.2, 0) is 0 Å². The molecule has 1 atom stereocenters. The molecule has 0 saturated heterocycles. The predicted octanol–water partition coefficient (Wildman–Crippen LogP) is 4.92. The van der Waals surface area contributed by atoms with Crippen LogP contribution in [0.1, 0.15) is 67.2 Å². The number of unbranched alkanes of at least 4 members (excludes halogenated alkanes) is 2. The molecule has 0 saturated carbocycles. The summed E-state index contributed by atoms with van der Waals surface area (Å²) in [5.41, 5.74) is 0.867. The van der Waals surface area contributed by atoms with Gasteiger partial charge < -0.3 is 5.32 Å². The monoisotopic (exact) mass is 259 g/mol. The minimum Gasteiger partial charge on any atom is -0.306 e. The summed E-state index contributed by atoms with van der Waals surface area (Å²) in [5.74, 6) is 0. The Morgan fingerprint density at radius 1 is 1.00 bits per heavy atom. The van der Waals surface area contributed by atoms with E-state index < -0.39 is 0 Å². The van der Waals surface area contributed by atoms with E-state index in [4.69, 9.17) is 0 Å². The fourth-order valence-electron chi connectivity index (χ4n) is 1.63. The zero-order valence-corrected chi connectivity index (χ0v) is 13.8. The molecule has 1 N–H and O–H groups in total. The van der Waals surface area contributed by atoms with Crippen molar-refractivity contribution in [3.63, 3.8) is 0 Å². The molecule has 0 radical (unpaired) electrons. The summed E-state index contributed by atoms with van der Waals surface area (Å²) in [7, 11) is 0. The average molecular weight is 260 g/mol. The van der Waals surface area contributed by atoms with E-state index in [-0.39, 0.29) is 0 Å². The summed E-state index contributed by atoms with van der Waals surface area (Å²) in [6, 6.07) is 0. The Morgan fingerprint density at radius 3 is 2.06 bits per heavy atom. The Labute approximate surface area is 114 Å². The van der Waals surface area contributed by atoms with Crippen LogP contribution >= 0.6 is 11.8 Å². The lowest BCUT2D eigenvalue weighted by Crippen LogP contribution is -2.29. The Hall–Kier alpha value is 0.310. The molecule has 0 aliphatic rings. The van der Waals surface area contributed by atoms with Gasteiger partial charge >= 0.3 is 0 Å². The molecule has 0 aliphatic heterocycles. The van der Waals surface area contributed by atoms with Crippen LogP contribution in [0.4, 0.5) is 0 Å². The first-order valence-electron chi connectivity index (χ1n) is 6.97. The lowest BCUT2D eigenvalue weighted by molar-refractivity contribution is 0.115. The number of hydrogen-bond acceptors (Lipinski definition) is 2. The maximum absolute atomic E-state index is 3.52. The zero-order chi connectivity index (χ0) is 13.5. The van der Waals surface area contributed by atoms with Crippen LogP contribution in [0.3, 0.4) is 0 Å². The van der Waals surface area contributed by atoms with E-state index >= 15 is 0 Å². The predicted molar refractivity (Wildman–Crippen MR) is 82.7 cm³/mol. The Morgan fingerprint density at radius 2 is 1.59 bits per heavy atom. The van der Waals surface area contributed by atoms with E-state index in [2.05, 4.69) is 53.1 Å². The van der Waals surface area contributed by atoms with Crippen LogP contribution in [0.15, 0.2) is 0 Å². The van der Waals surface area contributed by atoms with Crippen LogP contribution < -0.4 is 5.32 Å². The first-order chi connectivity index (χ1) is 7.70. The summed E-state index contributed by atoms with van der Waals surface area (Å²) < 4.78 is 0. The third kappa shape index (κ3) is 7.35. The first-order valence-corrected chi connectivity index (χ1v) is 8.25. The number of nitrogens with one attached hydrogen (secondary N) is 1. The normalized spacial score (nSPS) is 15.0. The molecule has 0 aromatic carbocycles. The van der Waals surface area contributed by atoms with E-state index in [1.807, 2.05) is 11.8 Å². The highest BCUT2D eigenvalue weighted by atomic mass is 32.2. The SMILES string of the molecule is CSC(C)NCCCCCC(C)(C)C(C)(C)C. The number of thioether (sulfide) groups is 1. The second-order valence-electron chi connectivity index (χ2n) is 6.78. The van der Waals surface area contributed by atoms with Gasteiger partial charge in [-0.25, -0.2) is 0 Å². The van der Waals surface area contributed by atoms with Crippen LogP contribution in [-0.4, -0.2) is 18.2 Å². The topological polar surface area (TPSA) is 12.0 Å². The molecule has 1 unspecified atom stereocenters. The van der Waals surface area contributed by atoms with Gasteiger partial charge in [0.2, 0.25) is 0 Å². The average Bonchev–Trinajstić information content (AvgIpc) is 2.21. The van der Waals surface area contributed by atoms with Crippen molar-refractivity contribution < 1.29 is 0 Å². The van der Waals surface area contributed by atoms with E-state index in [1.165, 1.54) is 25.7 Å². The van der Waals surface area contributed by atoms with Gasteiger partial charge in [-0.3, -0.25) is 0 Å². The van der Waals surface area contributed by atoms with Gasteiger partial charge in [0.05, 0.1) is 5.37 Å². The van der Waals surface area contributed by atoms with Gasteiger partial charge in [0.25, 0.3) is 0 Å². The molecule has 0 aromatic heterocycles. The molecule has 104 valence electrons. The van der Waals surface area contributed by atoms with Gasteiger partial charge in [0.15, 0.2) is 0 Å². The smallest absolute Gasteiger partial charge is 0.0500 e. The Bertz CT molecular complexity index is 194. The quantitative estimate of drug-likeness (QED) is 0.490. The lowest BCUT2D eigenvalue weighted by Gasteiger charge is -2.39. The van der Waals surface area contributed by atoms with Crippen molar-refractivity contribution in [2.24, 2.45) is 10.8 Å². The van der Waals surface area contributed by atoms with Crippen molar-refractivity contribution in [2.45, 2.75) is 72.6 Å². The summed E-state index contributed by atoms with van der Waals surface area (Å²) in [5, 5.41) is 4.12. The van der Waals surface area contributed by atoms with Crippen molar-refractivity contribution in [1.29, 1.82) is 0 Å². The summed E-state index contributed by atoms with van der Waals surface area (Å²) in [4.78, 5) is 0. The Balaban J connectivity index is 3.59. The minimum atomic E-state index is 0.415. The third-order valence-corrected chi connectivity index (χ3v) is 5.17. The molecule has 2 heteroatoms. The second kappa shape index (κ2) is 7.68. The zero-order valence-electron chi connectivity index (χ0n) is 13.0. The molecule has 17 heavy (non-hydrogen) atoms. The highest BCUT2D eigenvalue weighted by Gasteiger charge is 2.31. The van der Waals surface area contributed by atoms with Crippen LogP contribution in [0, 0.1) is 10.8 Å². The van der Waals surface area contributed by atoms with Crippen molar-refractivity contribution >= 4 is 11.8 Å². The molecule has 0 rings (SSSR count). The molecule has 0 amide bonds. The maximum atomic E-state index is 3.52. The number of hydrogen-bond donors (Lipinski definition) is 1. The molecular weight excluding hydrogens is 226 g/mol. The van der Waals surface area contributed by atoms with Crippen LogP contribution in [0.2, 0.25) is 0 Å². The largest absolute Gasteiger partial charge is 0.306 e. The fraction of sp³-hybridized carbons (Fsp3) is 1.00. The van der Waals surface area contributed by atoms with Gasteiger partial charge in [-0.2, -0.15) is 0 Å². The maximum Gasteiger partial charge on any atom is 0.0500 e. The van der Waals surface area contributed by atoms with Crippen LogP contribution in [0.25, 0.3) is 0 Å². The Kier molecular flexibility index (Phi) is 7.82. The van der Waals surface area contributed by atoms with Crippen LogP contribution in [0.5, 0.6) is 0 Å². The number of rotatable bonds is 8. The summed E-state index contributed by atoms with van der Waals surface area (Å²) in [6.45, 7) is 15.3. The van der Waals surface area contributed by atoms with E-state index in [9.17, 15) is 0 Å². The molecule has 0 aliphatic carbocycles. The van der Waals surface area contributed by atoms with Gasteiger partial charge in [-0.15, -0.1) is 11.8 Å². The molecule has 1 nitrogen and oxygen atoms in total. The first kappa shape index (κ1) is 17.3. The lowest BCUT2D eigenvalue weighted by atomic mass is 9.67. The summed E-state index contributed by atoms with van der Waals surface area (Å²) >= 11 is 1.89. The minimum absolute atomic E-state index is 0.415. The molecule has 0 bridgehead atoms. The van der Waals surface area contributed by atoms with Gasteiger partial charge in [-0.1, -0.05) is 47.5 Å². The fourth-order valence-corrected chi connectivity index (χ4v) is 1.92. The van der Waals surface area contributed by atoms with Crippen molar-refractivity contribution in [2.75, 3.05) is 12.8 Å². The highest BCUT2D eigenvalue weighted by Crippen LogP contribution is 2.41. The molecule has 0 fully saturated rings. The highest BCUT2D eigenvalue weighted by molar-refractivity contribution is 7.99. The molecule has 0 aromatic rings. The van der Waals surface area contributed by atoms with Gasteiger partial charge in [0.1, 0.15) is 0 Å². The van der Waals surface area contributed by atoms with Gasteiger partial charge in [0, 0.05) is 0 Å². The van der Waals surface area contributed by atoms with E-state index in [0.717, 1.165) is 6.54 Å². The van der Waals surface area contributed by atoms with Crippen molar-refractivity contribution in [3.8, 4) is 0 Å². The van der Waals surface area contributed by atoms with Crippen molar-refractivity contribution in [1.82, 2.24) is 5.32 Å². The molecular formula is C15H33NS.